The number of fused-ring (bicyclic) bond motifs is 1. The van der Waals surface area contributed by atoms with Crippen LogP contribution in [-0.4, -0.2) is 47.3 Å². The number of rotatable bonds is 3. The zero-order valence-corrected chi connectivity index (χ0v) is 14.3. The van der Waals surface area contributed by atoms with Gasteiger partial charge in [0.2, 0.25) is 5.89 Å². The highest BCUT2D eigenvalue weighted by Gasteiger charge is 2.43. The van der Waals surface area contributed by atoms with Crippen LogP contribution >= 0.6 is 0 Å². The molecule has 2 aromatic rings. The molecule has 0 N–H and O–H groups in total. The summed E-state index contributed by atoms with van der Waals surface area (Å²) in [6.07, 6.45) is 0.817. The van der Waals surface area contributed by atoms with E-state index in [0.717, 1.165) is 12.0 Å². The van der Waals surface area contributed by atoms with Gasteiger partial charge in [-0.2, -0.15) is 4.98 Å². The summed E-state index contributed by atoms with van der Waals surface area (Å²) in [5.41, 5.74) is 2.11. The van der Waals surface area contributed by atoms with Crippen molar-refractivity contribution in [1.82, 2.24) is 15.0 Å². The first kappa shape index (κ1) is 16.2. The molecular weight excluding hydrogens is 322 g/mol. The summed E-state index contributed by atoms with van der Waals surface area (Å²) in [6.45, 7) is 2.80. The largest absolute Gasteiger partial charge is 0.380 e. The molecule has 1 aromatic heterocycles. The summed E-state index contributed by atoms with van der Waals surface area (Å²) in [6, 6.07) is 7.67. The molecule has 2 aliphatic heterocycles. The lowest BCUT2D eigenvalue weighted by atomic mass is 9.96. The third kappa shape index (κ3) is 2.94. The van der Waals surface area contributed by atoms with Crippen LogP contribution in [0.5, 0.6) is 0 Å². The molecule has 1 unspecified atom stereocenters. The predicted octanol–water partition coefficient (Wildman–Crippen LogP) is 1.98. The number of likely N-dealkylation sites (tertiary alicyclic amines) is 1. The molecule has 3 atom stereocenters. The molecule has 1 amide bonds. The number of amides is 1. The molecule has 25 heavy (non-hydrogen) atoms. The number of hydrogen-bond acceptors (Lipinski definition) is 6. The van der Waals surface area contributed by atoms with E-state index in [9.17, 15) is 4.79 Å². The third-order valence-electron chi connectivity index (χ3n) is 4.93. The minimum absolute atomic E-state index is 0.0556. The number of hydrogen-bond donors (Lipinski definition) is 0. The fourth-order valence-corrected chi connectivity index (χ4v) is 3.64. The van der Waals surface area contributed by atoms with Crippen molar-refractivity contribution >= 4 is 5.91 Å². The molecule has 1 fully saturated rings. The minimum Gasteiger partial charge on any atom is -0.380 e. The first-order valence-electron chi connectivity index (χ1n) is 8.50. The first-order chi connectivity index (χ1) is 12.2. The second-order valence-corrected chi connectivity index (χ2v) is 6.48. The predicted molar refractivity (Wildman–Crippen MR) is 87.7 cm³/mol. The molecule has 7 nitrogen and oxygen atoms in total. The van der Waals surface area contributed by atoms with Gasteiger partial charge in [-0.15, -0.1) is 0 Å². The van der Waals surface area contributed by atoms with Gasteiger partial charge in [0.1, 0.15) is 6.04 Å². The lowest BCUT2D eigenvalue weighted by molar-refractivity contribution is -0.147. The average molecular weight is 343 g/mol. The van der Waals surface area contributed by atoms with Gasteiger partial charge in [0, 0.05) is 20.1 Å². The van der Waals surface area contributed by atoms with Crippen molar-refractivity contribution in [2.24, 2.45) is 0 Å². The van der Waals surface area contributed by atoms with Gasteiger partial charge >= 0.3 is 0 Å². The summed E-state index contributed by atoms with van der Waals surface area (Å²) >= 11 is 0. The van der Waals surface area contributed by atoms with Gasteiger partial charge in [-0.3, -0.25) is 4.79 Å². The maximum Gasteiger partial charge on any atom is 0.257 e. The number of nitrogens with zero attached hydrogens (tertiary/aromatic N) is 3. The molecule has 7 heteroatoms. The van der Waals surface area contributed by atoms with Gasteiger partial charge in [-0.25, -0.2) is 0 Å². The highest BCUT2D eigenvalue weighted by atomic mass is 16.5. The fourth-order valence-electron chi connectivity index (χ4n) is 3.64. The average Bonchev–Trinajstić information content (AvgIpc) is 3.26. The standard InChI is InChI=1S/C18H21N3O4/c1-11-19-17(25-20-11)15-9-13(23-2)10-21(15)18(22)16-14-6-4-3-5-12(14)7-8-24-16/h3-6,13,15-16H,7-10H2,1-2H3/t13-,15-,16?/m1/s1. The second kappa shape index (κ2) is 6.57. The second-order valence-electron chi connectivity index (χ2n) is 6.48. The first-order valence-corrected chi connectivity index (χ1v) is 8.50. The number of benzene rings is 1. The van der Waals surface area contributed by atoms with Crippen molar-refractivity contribution in [2.75, 3.05) is 20.3 Å². The van der Waals surface area contributed by atoms with Crippen LogP contribution in [0.25, 0.3) is 0 Å². The van der Waals surface area contributed by atoms with Crippen LogP contribution in [0.4, 0.5) is 0 Å². The topological polar surface area (TPSA) is 77.7 Å². The van der Waals surface area contributed by atoms with Crippen molar-refractivity contribution in [3.8, 4) is 0 Å². The summed E-state index contributed by atoms with van der Waals surface area (Å²) in [4.78, 5) is 19.3. The van der Waals surface area contributed by atoms with E-state index in [2.05, 4.69) is 16.2 Å². The summed E-state index contributed by atoms with van der Waals surface area (Å²) in [5.74, 6) is 0.935. The van der Waals surface area contributed by atoms with Crippen LogP contribution < -0.4 is 0 Å². The van der Waals surface area contributed by atoms with Gasteiger partial charge in [-0.05, 0) is 24.5 Å². The number of methoxy groups -OCH3 is 1. The van der Waals surface area contributed by atoms with E-state index in [1.807, 2.05) is 18.2 Å². The zero-order valence-electron chi connectivity index (χ0n) is 14.3. The summed E-state index contributed by atoms with van der Waals surface area (Å²) in [5, 5.41) is 3.86. The molecule has 0 saturated carbocycles. The van der Waals surface area contributed by atoms with Crippen molar-refractivity contribution < 1.29 is 18.8 Å². The van der Waals surface area contributed by atoms with Crippen molar-refractivity contribution in [3.05, 3.63) is 47.1 Å². The van der Waals surface area contributed by atoms with E-state index in [1.165, 1.54) is 5.56 Å². The Hall–Kier alpha value is -2.25. The lowest BCUT2D eigenvalue weighted by Crippen LogP contribution is -2.38. The maximum atomic E-state index is 13.3. The Kier molecular flexibility index (Phi) is 4.27. The molecule has 1 saturated heterocycles. The molecule has 132 valence electrons. The molecule has 1 aromatic carbocycles. The number of ether oxygens (including phenoxy) is 2. The Morgan fingerprint density at radius 2 is 2.20 bits per heavy atom. The highest BCUT2D eigenvalue weighted by molar-refractivity contribution is 5.83. The SMILES string of the molecule is CO[C@@H]1C[C@H](c2nc(C)no2)N(C(=O)C2OCCc3ccccc32)C1. The van der Waals surface area contributed by atoms with E-state index in [0.29, 0.717) is 31.3 Å². The van der Waals surface area contributed by atoms with E-state index >= 15 is 0 Å². The van der Waals surface area contributed by atoms with E-state index in [4.69, 9.17) is 14.0 Å². The van der Waals surface area contributed by atoms with Crippen molar-refractivity contribution in [3.63, 3.8) is 0 Å². The van der Waals surface area contributed by atoms with Gasteiger partial charge in [0.25, 0.3) is 5.91 Å². The molecule has 3 heterocycles. The van der Waals surface area contributed by atoms with Crippen LogP contribution in [0.15, 0.2) is 28.8 Å². The number of aromatic nitrogens is 2. The maximum absolute atomic E-state index is 13.3. The van der Waals surface area contributed by atoms with Crippen LogP contribution in [0.2, 0.25) is 0 Å². The van der Waals surface area contributed by atoms with Crippen molar-refractivity contribution in [1.29, 1.82) is 0 Å². The normalized spacial score (nSPS) is 25.8. The van der Waals surface area contributed by atoms with E-state index < -0.39 is 6.10 Å². The van der Waals surface area contributed by atoms with Crippen LogP contribution in [0.3, 0.4) is 0 Å². The van der Waals surface area contributed by atoms with Gasteiger partial charge < -0.3 is 18.9 Å². The summed E-state index contributed by atoms with van der Waals surface area (Å²) in [7, 11) is 1.65. The Balaban J connectivity index is 1.64. The Bertz CT molecular complexity index is 775. The third-order valence-corrected chi connectivity index (χ3v) is 4.93. The molecule has 0 radical (unpaired) electrons. The number of carbonyl (C=O) groups is 1. The minimum atomic E-state index is -0.591. The Morgan fingerprint density at radius 3 is 2.96 bits per heavy atom. The number of aryl methyl sites for hydroxylation is 1. The molecule has 0 aliphatic carbocycles. The fraction of sp³-hybridized carbons (Fsp3) is 0.500. The Labute approximate surface area is 145 Å². The zero-order chi connectivity index (χ0) is 17.4. The van der Waals surface area contributed by atoms with Crippen LogP contribution in [-0.2, 0) is 20.7 Å². The van der Waals surface area contributed by atoms with Crippen LogP contribution in [0.1, 0.15) is 41.4 Å². The molecule has 2 aliphatic rings. The van der Waals surface area contributed by atoms with Gasteiger partial charge in [-0.1, -0.05) is 29.4 Å². The van der Waals surface area contributed by atoms with Crippen LogP contribution in [0, 0.1) is 6.92 Å². The molecule has 0 spiro atoms. The summed E-state index contributed by atoms with van der Waals surface area (Å²) < 4.78 is 16.6. The van der Waals surface area contributed by atoms with E-state index in [-0.39, 0.29) is 18.1 Å². The monoisotopic (exact) mass is 343 g/mol. The van der Waals surface area contributed by atoms with E-state index in [1.54, 1.807) is 18.9 Å². The molecule has 0 bridgehead atoms. The van der Waals surface area contributed by atoms with Crippen molar-refractivity contribution in [2.45, 2.75) is 38.0 Å². The lowest BCUT2D eigenvalue weighted by Gasteiger charge is -2.30. The number of carbonyl (C=O) groups excluding carboxylic acids is 1. The quantitative estimate of drug-likeness (QED) is 0.848. The Morgan fingerprint density at radius 1 is 1.36 bits per heavy atom. The molecule has 4 rings (SSSR count). The smallest absolute Gasteiger partial charge is 0.257 e. The van der Waals surface area contributed by atoms with Gasteiger partial charge in [0.05, 0.1) is 12.7 Å². The molecular formula is C18H21N3O4. The van der Waals surface area contributed by atoms with Gasteiger partial charge in [0.15, 0.2) is 11.9 Å². The highest BCUT2D eigenvalue weighted by Crippen LogP contribution is 2.37.